The van der Waals surface area contributed by atoms with Gasteiger partial charge in [-0.3, -0.25) is 0 Å². The minimum absolute atomic E-state index is 0.612. The first kappa shape index (κ1) is 40.2. The summed E-state index contributed by atoms with van der Waals surface area (Å²) >= 11 is 0. The molecule has 0 N–H and O–H groups in total. The smallest absolute Gasteiger partial charge is 0.385 e. The average Bonchev–Trinajstić information content (AvgIpc) is 2.76. The van der Waals surface area contributed by atoms with Crippen molar-refractivity contribution in [2.45, 2.75) is 84.2 Å². The molecule has 0 radical (unpaired) electrons. The Morgan fingerprint density at radius 1 is 0.333 bits per heavy atom. The highest BCUT2D eigenvalue weighted by atomic mass is 19.4. The molecule has 0 aliphatic heterocycles. The molecule has 0 saturated carbocycles. The van der Waals surface area contributed by atoms with E-state index in [1.54, 1.807) is 0 Å². The van der Waals surface area contributed by atoms with E-state index in [2.05, 4.69) is 4.74 Å². The van der Waals surface area contributed by atoms with Crippen LogP contribution in [0, 0.1) is 0 Å². The highest BCUT2D eigenvalue weighted by Gasteiger charge is 2.99. The molecule has 0 bridgehead atoms. The van der Waals surface area contributed by atoms with Crippen LogP contribution in [0.15, 0.2) is 0 Å². The highest BCUT2D eigenvalue weighted by Crippen LogP contribution is 2.67. The van der Waals surface area contributed by atoms with Crippen LogP contribution in [0.4, 0.5) is 110 Å². The molecule has 0 rings (SSSR count). The Labute approximate surface area is 213 Å². The molecule has 0 fully saturated rings. The molecule has 0 aliphatic rings. The molecule has 42 heavy (non-hydrogen) atoms. The van der Waals surface area contributed by atoms with Crippen LogP contribution in [0.1, 0.15) is 12.8 Å². The van der Waals surface area contributed by atoms with E-state index in [1.807, 2.05) is 0 Å². The number of ether oxygens (including phenoxy) is 1. The molecule has 1 nitrogen and oxygen atoms in total. The van der Waals surface area contributed by atoms with Crippen LogP contribution in [0.3, 0.4) is 0 Å². The monoisotopic (exact) mass is 692 g/mol. The van der Waals surface area contributed by atoms with E-state index in [-0.39, 0.29) is 0 Å². The zero-order valence-electron chi connectivity index (χ0n) is 19.0. The molecule has 0 aliphatic carbocycles. The van der Waals surface area contributed by atoms with Gasteiger partial charge in [0.1, 0.15) is 0 Å². The average molecular weight is 692 g/mol. The lowest BCUT2D eigenvalue weighted by Gasteiger charge is -2.45. The first-order valence-electron chi connectivity index (χ1n) is 9.53. The molecule has 26 heteroatoms. The van der Waals surface area contributed by atoms with E-state index in [1.165, 1.54) is 0 Å². The summed E-state index contributed by atoms with van der Waals surface area (Å²) in [7, 11) is 0.612. The summed E-state index contributed by atoms with van der Waals surface area (Å²) in [5.74, 6) is -97.9. The van der Waals surface area contributed by atoms with E-state index >= 15 is 0 Å². The van der Waals surface area contributed by atoms with Crippen LogP contribution in [0.5, 0.6) is 0 Å². The maximum Gasteiger partial charge on any atom is 0.460 e. The van der Waals surface area contributed by atoms with Gasteiger partial charge in [0, 0.05) is 20.1 Å². The summed E-state index contributed by atoms with van der Waals surface area (Å²) in [5.41, 5.74) is 0. The Hall–Kier alpha value is -1.79. The fourth-order valence-electron chi connectivity index (χ4n) is 2.58. The Kier molecular flexibility index (Phi) is 9.95. The van der Waals surface area contributed by atoms with E-state index in [4.69, 9.17) is 0 Å². The van der Waals surface area contributed by atoms with Gasteiger partial charge in [0.15, 0.2) is 0 Å². The standard InChI is InChI=1S/C16H9F25O/c1-42-4-2-3-5(17,18)6(19,20)7(21,22)8(23,24)9(25,26)10(27,28)11(29,30)12(31,32)13(33,34)14(35,36)15(37,38)16(39,40)41/h2-4H2,1H3. The number of hydrogen-bond donors (Lipinski definition) is 0. The van der Waals surface area contributed by atoms with Crippen molar-refractivity contribution in [2.24, 2.45) is 0 Å². The maximum absolute atomic E-state index is 13.7. The molecular weight excluding hydrogens is 683 g/mol. The highest BCUT2D eigenvalue weighted by molar-refractivity contribution is 5.19. The fraction of sp³-hybridized carbons (Fsp3) is 1.00. The van der Waals surface area contributed by atoms with Crippen LogP contribution < -0.4 is 0 Å². The molecule has 0 atom stereocenters. The van der Waals surface area contributed by atoms with Crippen LogP contribution in [-0.4, -0.2) is 85.0 Å². The Bertz CT molecular complexity index is 943. The normalized spacial score (nSPS) is 16.7. The number of hydrogen-bond acceptors (Lipinski definition) is 1. The molecule has 0 aromatic rings. The predicted molar refractivity (Wildman–Crippen MR) is 81.6 cm³/mol. The van der Waals surface area contributed by atoms with Gasteiger partial charge >= 0.3 is 71.3 Å². The third kappa shape index (κ3) is 4.97. The summed E-state index contributed by atoms with van der Waals surface area (Å²) in [6, 6.07) is 0. The molecule has 254 valence electrons. The van der Waals surface area contributed by atoms with Gasteiger partial charge in [-0.15, -0.1) is 0 Å². The van der Waals surface area contributed by atoms with Gasteiger partial charge in [0.25, 0.3) is 0 Å². The second-order valence-corrected chi connectivity index (χ2v) is 8.04. The van der Waals surface area contributed by atoms with Gasteiger partial charge in [-0.25, -0.2) is 0 Å². The summed E-state index contributed by atoms with van der Waals surface area (Å²) in [4.78, 5) is 0. The molecule has 0 saturated heterocycles. The molecule has 0 amide bonds. The van der Waals surface area contributed by atoms with Crippen molar-refractivity contribution in [1.29, 1.82) is 0 Å². The van der Waals surface area contributed by atoms with Gasteiger partial charge < -0.3 is 4.74 Å². The first-order valence-corrected chi connectivity index (χ1v) is 9.53. The van der Waals surface area contributed by atoms with Crippen molar-refractivity contribution in [2.75, 3.05) is 13.7 Å². The van der Waals surface area contributed by atoms with Crippen LogP contribution in [0.25, 0.3) is 0 Å². The zero-order valence-corrected chi connectivity index (χ0v) is 19.0. The van der Waals surface area contributed by atoms with Crippen LogP contribution in [-0.2, 0) is 4.74 Å². The lowest BCUT2D eigenvalue weighted by molar-refractivity contribution is -0.482. The van der Waals surface area contributed by atoms with E-state index in [0.717, 1.165) is 0 Å². The topological polar surface area (TPSA) is 9.23 Å². The number of halogens is 25. The zero-order chi connectivity index (χ0) is 34.8. The largest absolute Gasteiger partial charge is 0.460 e. The second-order valence-electron chi connectivity index (χ2n) is 8.04. The Morgan fingerprint density at radius 2 is 0.548 bits per heavy atom. The van der Waals surface area contributed by atoms with Crippen molar-refractivity contribution < 1.29 is 114 Å². The fourth-order valence-corrected chi connectivity index (χ4v) is 2.58. The number of rotatable bonds is 14. The third-order valence-electron chi connectivity index (χ3n) is 5.20. The van der Waals surface area contributed by atoms with Gasteiger partial charge in [-0.1, -0.05) is 0 Å². The van der Waals surface area contributed by atoms with Gasteiger partial charge in [-0.05, 0) is 6.42 Å². The number of alkyl halides is 25. The first-order chi connectivity index (χ1) is 17.8. The summed E-state index contributed by atoms with van der Waals surface area (Å²) < 4.78 is 336. The summed E-state index contributed by atoms with van der Waals surface area (Å²) in [5, 5.41) is 0. The van der Waals surface area contributed by atoms with Crippen LogP contribution in [0.2, 0.25) is 0 Å². The second kappa shape index (κ2) is 10.4. The Balaban J connectivity index is 7.20. The molecule has 0 spiro atoms. The minimum Gasteiger partial charge on any atom is -0.385 e. The van der Waals surface area contributed by atoms with Crippen molar-refractivity contribution in [1.82, 2.24) is 0 Å². The lowest BCUT2D eigenvalue weighted by Crippen LogP contribution is -2.78. The predicted octanol–water partition coefficient (Wildman–Crippen LogP) is 8.96. The van der Waals surface area contributed by atoms with Crippen molar-refractivity contribution in [3.8, 4) is 0 Å². The summed E-state index contributed by atoms with van der Waals surface area (Å²) in [6.07, 6.45) is -12.5. The lowest BCUT2D eigenvalue weighted by atomic mass is 9.84. The van der Waals surface area contributed by atoms with Crippen molar-refractivity contribution in [3.63, 3.8) is 0 Å². The molecular formula is C16H9F25O. The van der Waals surface area contributed by atoms with Gasteiger partial charge in [0.05, 0.1) is 0 Å². The third-order valence-corrected chi connectivity index (χ3v) is 5.20. The minimum atomic E-state index is -9.58. The van der Waals surface area contributed by atoms with Crippen molar-refractivity contribution in [3.05, 3.63) is 0 Å². The van der Waals surface area contributed by atoms with Crippen molar-refractivity contribution >= 4 is 0 Å². The Morgan fingerprint density at radius 3 is 0.762 bits per heavy atom. The number of methoxy groups -OCH3 is 1. The summed E-state index contributed by atoms with van der Waals surface area (Å²) in [6.45, 7) is -1.12. The van der Waals surface area contributed by atoms with Gasteiger partial charge in [0.2, 0.25) is 0 Å². The molecule has 0 heterocycles. The van der Waals surface area contributed by atoms with E-state index in [0.29, 0.717) is 7.11 Å². The van der Waals surface area contributed by atoms with E-state index < -0.39 is 90.8 Å². The molecule has 0 aromatic carbocycles. The van der Waals surface area contributed by atoms with Crippen LogP contribution >= 0.6 is 0 Å². The molecule has 0 aromatic heterocycles. The van der Waals surface area contributed by atoms with E-state index in [9.17, 15) is 110 Å². The maximum atomic E-state index is 13.7. The SMILES string of the molecule is COCCCC(F)(F)C(F)(F)C(F)(F)C(F)(F)C(F)(F)C(F)(F)C(F)(F)C(F)(F)C(F)(F)C(F)(F)C(F)(F)C(F)(F)F. The van der Waals surface area contributed by atoms with Gasteiger partial charge in [-0.2, -0.15) is 110 Å². The quantitative estimate of drug-likeness (QED) is 0.131. The molecule has 0 unspecified atom stereocenters.